The van der Waals surface area contributed by atoms with Crippen LogP contribution in [-0.4, -0.2) is 39.7 Å². The maximum absolute atomic E-state index is 11.1. The van der Waals surface area contributed by atoms with Crippen LogP contribution in [-0.2, 0) is 4.74 Å². The molecule has 1 aromatic heterocycles. The van der Waals surface area contributed by atoms with Crippen molar-refractivity contribution >= 4 is 17.5 Å². The first kappa shape index (κ1) is 14.2. The van der Waals surface area contributed by atoms with Gasteiger partial charge >= 0.3 is 11.7 Å². The van der Waals surface area contributed by atoms with Gasteiger partial charge in [-0.1, -0.05) is 0 Å². The fourth-order valence-corrected chi connectivity index (χ4v) is 2.18. The molecule has 1 unspecified atom stereocenters. The predicted octanol–water partition coefficient (Wildman–Crippen LogP) is 1.67. The first-order chi connectivity index (χ1) is 9.41. The molecule has 1 atom stereocenters. The minimum atomic E-state index is -1.35. The second-order valence-corrected chi connectivity index (χ2v) is 4.99. The van der Waals surface area contributed by atoms with E-state index in [0.717, 1.165) is 19.0 Å². The number of rotatable bonds is 4. The number of nitrogens with zero attached hydrogens (tertiary/aromatic N) is 2. The minimum Gasteiger partial charge on any atom is -0.477 e. The van der Waals surface area contributed by atoms with Crippen molar-refractivity contribution in [2.75, 3.05) is 18.5 Å². The topological polar surface area (TPSA) is 115 Å². The number of hydrogen-bond donors (Lipinski definition) is 2. The average molecular weight is 281 g/mol. The summed E-state index contributed by atoms with van der Waals surface area (Å²) in [6, 6.07) is 1.18. The van der Waals surface area contributed by atoms with Crippen LogP contribution in [0.4, 0.5) is 11.5 Å². The molecule has 8 heteroatoms. The molecule has 1 aliphatic rings. The van der Waals surface area contributed by atoms with Gasteiger partial charge in [0.1, 0.15) is 17.6 Å². The first-order valence-electron chi connectivity index (χ1n) is 6.15. The second kappa shape index (κ2) is 5.41. The Labute approximate surface area is 114 Å². The second-order valence-electron chi connectivity index (χ2n) is 4.99. The van der Waals surface area contributed by atoms with Crippen LogP contribution in [0.15, 0.2) is 12.3 Å². The van der Waals surface area contributed by atoms with Gasteiger partial charge in [0.05, 0.1) is 17.1 Å². The maximum atomic E-state index is 11.1. The molecule has 1 fully saturated rings. The molecule has 0 aliphatic carbocycles. The van der Waals surface area contributed by atoms with Crippen molar-refractivity contribution in [3.63, 3.8) is 0 Å². The zero-order valence-corrected chi connectivity index (χ0v) is 11.0. The van der Waals surface area contributed by atoms with Gasteiger partial charge in [-0.3, -0.25) is 10.1 Å². The lowest BCUT2D eigenvalue weighted by Crippen LogP contribution is -2.43. The van der Waals surface area contributed by atoms with E-state index in [1.165, 1.54) is 6.07 Å². The third-order valence-corrected chi connectivity index (χ3v) is 3.18. The summed E-state index contributed by atoms with van der Waals surface area (Å²) >= 11 is 0. The summed E-state index contributed by atoms with van der Waals surface area (Å²) in [5.74, 6) is -1.06. The Morgan fingerprint density at radius 3 is 2.95 bits per heavy atom. The number of nitrogens with one attached hydrogen (secondary N) is 1. The lowest BCUT2D eigenvalue weighted by atomic mass is 9.95. The van der Waals surface area contributed by atoms with Crippen LogP contribution in [0.3, 0.4) is 0 Å². The highest BCUT2D eigenvalue weighted by atomic mass is 16.6. The Balaban J connectivity index is 2.27. The summed E-state index contributed by atoms with van der Waals surface area (Å²) in [6.45, 7) is 3.12. The van der Waals surface area contributed by atoms with Crippen LogP contribution < -0.4 is 5.32 Å². The van der Waals surface area contributed by atoms with Gasteiger partial charge in [0, 0.05) is 12.7 Å². The molecule has 0 bridgehead atoms. The van der Waals surface area contributed by atoms with Crippen LogP contribution in [0.5, 0.6) is 0 Å². The van der Waals surface area contributed by atoms with Gasteiger partial charge in [0.15, 0.2) is 0 Å². The third kappa shape index (κ3) is 3.02. The van der Waals surface area contributed by atoms with Crippen molar-refractivity contribution in [2.24, 2.45) is 0 Å². The van der Waals surface area contributed by atoms with E-state index in [1.807, 2.05) is 6.92 Å². The SMILES string of the molecule is CC1(Nc2cc(C(=O)O)c([N+](=O)[O-])cn2)CCCOC1. The summed E-state index contributed by atoms with van der Waals surface area (Å²) in [6.07, 6.45) is 2.70. The molecule has 2 rings (SSSR count). The van der Waals surface area contributed by atoms with E-state index in [4.69, 9.17) is 9.84 Å². The normalized spacial score (nSPS) is 22.2. The number of aromatic carboxylic acids is 1. The van der Waals surface area contributed by atoms with Crippen molar-refractivity contribution in [1.82, 2.24) is 4.98 Å². The molecule has 0 radical (unpaired) electrons. The van der Waals surface area contributed by atoms with Crippen LogP contribution in [0, 0.1) is 10.1 Å². The summed E-state index contributed by atoms with van der Waals surface area (Å²) in [5, 5.41) is 22.9. The van der Waals surface area contributed by atoms with E-state index in [-0.39, 0.29) is 11.1 Å². The highest BCUT2D eigenvalue weighted by Gasteiger charge is 2.29. The number of anilines is 1. The minimum absolute atomic E-state index is 0.293. The highest BCUT2D eigenvalue weighted by molar-refractivity contribution is 5.93. The zero-order valence-electron chi connectivity index (χ0n) is 11.0. The number of carboxylic acid groups (broad SMARTS) is 1. The monoisotopic (exact) mass is 281 g/mol. The number of carbonyl (C=O) groups is 1. The fourth-order valence-electron chi connectivity index (χ4n) is 2.18. The van der Waals surface area contributed by atoms with Crippen molar-refractivity contribution in [3.05, 3.63) is 27.9 Å². The van der Waals surface area contributed by atoms with Crippen molar-refractivity contribution in [2.45, 2.75) is 25.3 Å². The molecule has 0 saturated carbocycles. The maximum Gasteiger partial charge on any atom is 0.342 e. The molecule has 0 spiro atoms. The van der Waals surface area contributed by atoms with E-state index < -0.39 is 16.6 Å². The average Bonchev–Trinajstić information content (AvgIpc) is 2.38. The molecule has 1 saturated heterocycles. The van der Waals surface area contributed by atoms with E-state index in [1.54, 1.807) is 0 Å². The smallest absolute Gasteiger partial charge is 0.342 e. The van der Waals surface area contributed by atoms with Crippen LogP contribution in [0.25, 0.3) is 0 Å². The van der Waals surface area contributed by atoms with Crippen molar-refractivity contribution < 1.29 is 19.6 Å². The number of ether oxygens (including phenoxy) is 1. The van der Waals surface area contributed by atoms with Crippen molar-refractivity contribution in [3.8, 4) is 0 Å². The van der Waals surface area contributed by atoms with Crippen LogP contribution in [0.2, 0.25) is 0 Å². The quantitative estimate of drug-likeness (QED) is 0.637. The molecule has 2 N–H and O–H groups in total. The Hall–Kier alpha value is -2.22. The lowest BCUT2D eigenvalue weighted by molar-refractivity contribution is -0.385. The Kier molecular flexibility index (Phi) is 3.84. The van der Waals surface area contributed by atoms with Crippen LogP contribution in [0.1, 0.15) is 30.1 Å². The third-order valence-electron chi connectivity index (χ3n) is 3.18. The molecular formula is C12H15N3O5. The standard InChI is InChI=1S/C12H15N3O5/c1-12(3-2-4-20-7-12)14-10-5-8(11(16)17)9(6-13-10)15(18)19/h5-6H,2-4,7H2,1H3,(H,13,14)(H,16,17). The zero-order chi connectivity index (χ0) is 14.8. The summed E-state index contributed by atoms with van der Waals surface area (Å²) in [5.41, 5.74) is -1.25. The van der Waals surface area contributed by atoms with Gasteiger partial charge in [-0.25, -0.2) is 9.78 Å². The van der Waals surface area contributed by atoms with E-state index in [9.17, 15) is 14.9 Å². The Morgan fingerprint density at radius 1 is 1.65 bits per heavy atom. The number of nitro groups is 1. The largest absolute Gasteiger partial charge is 0.477 e. The molecule has 1 aliphatic heterocycles. The Bertz CT molecular complexity index is 540. The molecule has 2 heterocycles. The molecular weight excluding hydrogens is 266 g/mol. The van der Waals surface area contributed by atoms with Gasteiger partial charge in [-0.05, 0) is 19.8 Å². The molecule has 0 aromatic carbocycles. The molecule has 8 nitrogen and oxygen atoms in total. The van der Waals surface area contributed by atoms with Crippen LogP contribution >= 0.6 is 0 Å². The van der Waals surface area contributed by atoms with Gasteiger partial charge in [0.2, 0.25) is 0 Å². The predicted molar refractivity (Wildman–Crippen MR) is 69.9 cm³/mol. The number of carboxylic acids is 1. The van der Waals surface area contributed by atoms with E-state index in [2.05, 4.69) is 10.3 Å². The highest BCUT2D eigenvalue weighted by Crippen LogP contribution is 2.26. The van der Waals surface area contributed by atoms with Crippen molar-refractivity contribution in [1.29, 1.82) is 0 Å². The molecule has 20 heavy (non-hydrogen) atoms. The molecule has 0 amide bonds. The lowest BCUT2D eigenvalue weighted by Gasteiger charge is -2.34. The van der Waals surface area contributed by atoms with Gasteiger partial charge < -0.3 is 15.2 Å². The summed E-state index contributed by atoms with van der Waals surface area (Å²) < 4.78 is 5.38. The van der Waals surface area contributed by atoms with Gasteiger partial charge in [0.25, 0.3) is 0 Å². The van der Waals surface area contributed by atoms with Gasteiger partial charge in [-0.15, -0.1) is 0 Å². The summed E-state index contributed by atoms with van der Waals surface area (Å²) in [7, 11) is 0. The number of hydrogen-bond acceptors (Lipinski definition) is 6. The van der Waals surface area contributed by atoms with E-state index >= 15 is 0 Å². The van der Waals surface area contributed by atoms with Gasteiger partial charge in [-0.2, -0.15) is 0 Å². The molecule has 1 aromatic rings. The number of aromatic nitrogens is 1. The first-order valence-corrected chi connectivity index (χ1v) is 6.15. The van der Waals surface area contributed by atoms with E-state index in [0.29, 0.717) is 19.0 Å². The number of pyridine rings is 1. The Morgan fingerprint density at radius 2 is 2.40 bits per heavy atom. The summed E-state index contributed by atoms with van der Waals surface area (Å²) in [4.78, 5) is 25.0. The fraction of sp³-hybridized carbons (Fsp3) is 0.500. The molecule has 108 valence electrons.